The van der Waals surface area contributed by atoms with E-state index in [0.717, 1.165) is 37.1 Å². The zero-order valence-electron chi connectivity index (χ0n) is 12.9. The van der Waals surface area contributed by atoms with Gasteiger partial charge in [0.1, 0.15) is 0 Å². The number of amides is 2. The number of halogens is 1. The maximum absolute atomic E-state index is 12.4. The number of aliphatic hydroxyl groups excluding tert-OH is 1. The molecule has 2 N–H and O–H groups in total. The lowest BCUT2D eigenvalue weighted by Gasteiger charge is -2.25. The van der Waals surface area contributed by atoms with Crippen molar-refractivity contribution in [1.29, 1.82) is 0 Å². The Morgan fingerprint density at radius 2 is 2.23 bits per heavy atom. The molecule has 2 aliphatic rings. The fourth-order valence-corrected chi connectivity index (χ4v) is 3.85. The Balaban J connectivity index is 1.58. The lowest BCUT2D eigenvalue weighted by Crippen LogP contribution is -2.42. The number of benzene rings is 1. The quantitative estimate of drug-likeness (QED) is 0.898. The second kappa shape index (κ2) is 6.47. The number of rotatable bonds is 3. The molecular weight excluding hydrogens is 300 g/mol. The molecule has 0 spiro atoms. The second-order valence-electron chi connectivity index (χ2n) is 6.52. The van der Waals surface area contributed by atoms with Crippen molar-refractivity contribution in [3.8, 4) is 0 Å². The molecule has 0 bridgehead atoms. The van der Waals surface area contributed by atoms with Crippen molar-refractivity contribution in [2.45, 2.75) is 44.2 Å². The number of carbonyl (C=O) groups is 1. The highest BCUT2D eigenvalue weighted by Crippen LogP contribution is 2.33. The molecule has 0 aliphatic heterocycles. The second-order valence-corrected chi connectivity index (χ2v) is 6.96. The van der Waals surface area contributed by atoms with Crippen molar-refractivity contribution in [3.63, 3.8) is 0 Å². The summed E-state index contributed by atoms with van der Waals surface area (Å²) in [6, 6.07) is 5.88. The maximum Gasteiger partial charge on any atom is 0.317 e. The highest BCUT2D eigenvalue weighted by molar-refractivity contribution is 6.30. The molecule has 0 radical (unpaired) electrons. The Bertz CT molecular complexity index is 564. The first-order valence-corrected chi connectivity index (χ1v) is 8.40. The van der Waals surface area contributed by atoms with Gasteiger partial charge in [0.2, 0.25) is 0 Å². The predicted octanol–water partition coefficient (Wildman–Crippen LogP) is 3.13. The van der Waals surface area contributed by atoms with Crippen LogP contribution in [0.2, 0.25) is 5.02 Å². The van der Waals surface area contributed by atoms with Gasteiger partial charge < -0.3 is 15.3 Å². The number of nitrogens with one attached hydrogen (secondary N) is 1. The fourth-order valence-electron chi connectivity index (χ4n) is 3.66. The van der Waals surface area contributed by atoms with Gasteiger partial charge in [-0.3, -0.25) is 0 Å². The molecule has 4 nitrogen and oxygen atoms in total. The molecule has 3 atom stereocenters. The van der Waals surface area contributed by atoms with Gasteiger partial charge in [-0.05, 0) is 48.9 Å². The molecular formula is C17H23ClN2O2. The number of urea groups is 1. The predicted molar refractivity (Wildman–Crippen MR) is 87.0 cm³/mol. The van der Waals surface area contributed by atoms with Gasteiger partial charge in [0.25, 0.3) is 0 Å². The third-order valence-corrected chi connectivity index (χ3v) is 5.19. The molecule has 0 aromatic heterocycles. The number of aryl methyl sites for hydroxylation is 1. The van der Waals surface area contributed by atoms with E-state index in [9.17, 15) is 9.90 Å². The van der Waals surface area contributed by atoms with Crippen molar-refractivity contribution in [1.82, 2.24) is 10.2 Å². The maximum atomic E-state index is 12.4. The minimum absolute atomic E-state index is 0.0631. The largest absolute Gasteiger partial charge is 0.393 e. The van der Waals surface area contributed by atoms with Gasteiger partial charge in [0.15, 0.2) is 0 Å². The van der Waals surface area contributed by atoms with E-state index in [4.69, 9.17) is 11.6 Å². The average molecular weight is 323 g/mol. The van der Waals surface area contributed by atoms with Crippen LogP contribution in [0.3, 0.4) is 0 Å². The van der Waals surface area contributed by atoms with Crippen LogP contribution in [-0.2, 0) is 6.42 Å². The van der Waals surface area contributed by atoms with Gasteiger partial charge in [0, 0.05) is 24.5 Å². The molecule has 22 heavy (non-hydrogen) atoms. The molecule has 3 unspecified atom stereocenters. The molecule has 1 aromatic carbocycles. The van der Waals surface area contributed by atoms with Crippen LogP contribution in [0.5, 0.6) is 0 Å². The van der Waals surface area contributed by atoms with Crippen LogP contribution in [0, 0.1) is 5.92 Å². The van der Waals surface area contributed by atoms with E-state index >= 15 is 0 Å². The average Bonchev–Trinajstić information content (AvgIpc) is 3.06. The summed E-state index contributed by atoms with van der Waals surface area (Å²) >= 11 is 6.02. The zero-order valence-corrected chi connectivity index (χ0v) is 13.6. The SMILES string of the molecule is CN(CC1CCCC1O)C(=O)NC1CCc2cc(Cl)ccc21. The Morgan fingerprint density at radius 1 is 1.41 bits per heavy atom. The minimum Gasteiger partial charge on any atom is -0.393 e. The summed E-state index contributed by atoms with van der Waals surface area (Å²) in [5, 5.41) is 13.7. The third kappa shape index (κ3) is 3.23. The van der Waals surface area contributed by atoms with Gasteiger partial charge in [-0.25, -0.2) is 4.79 Å². The van der Waals surface area contributed by atoms with Gasteiger partial charge in [-0.2, -0.15) is 0 Å². The standard InChI is InChI=1S/C17H23ClN2O2/c1-20(10-12-3-2-4-16(12)21)17(22)19-15-8-5-11-9-13(18)6-7-14(11)15/h6-7,9,12,15-16,21H,2-5,8,10H2,1H3,(H,19,22). The van der Waals surface area contributed by atoms with Crippen LogP contribution in [-0.4, -0.2) is 35.7 Å². The first-order valence-electron chi connectivity index (χ1n) is 8.02. The van der Waals surface area contributed by atoms with Crippen molar-refractivity contribution in [3.05, 3.63) is 34.3 Å². The Labute approximate surface area is 136 Å². The first-order chi connectivity index (χ1) is 10.5. The summed E-state index contributed by atoms with van der Waals surface area (Å²) in [4.78, 5) is 14.1. The van der Waals surface area contributed by atoms with Gasteiger partial charge in [0.05, 0.1) is 12.1 Å². The van der Waals surface area contributed by atoms with E-state index in [2.05, 4.69) is 5.32 Å². The summed E-state index contributed by atoms with van der Waals surface area (Å²) < 4.78 is 0. The summed E-state index contributed by atoms with van der Waals surface area (Å²) in [6.45, 7) is 0.618. The zero-order chi connectivity index (χ0) is 15.7. The first kappa shape index (κ1) is 15.6. The molecule has 1 fully saturated rings. The lowest BCUT2D eigenvalue weighted by molar-refractivity contribution is 0.113. The summed E-state index contributed by atoms with van der Waals surface area (Å²) in [6.07, 6.45) is 4.52. The van der Waals surface area contributed by atoms with E-state index < -0.39 is 0 Å². The third-order valence-electron chi connectivity index (χ3n) is 4.95. The Hall–Kier alpha value is -1.26. The van der Waals surface area contributed by atoms with Crippen molar-refractivity contribution in [2.24, 2.45) is 5.92 Å². The number of aliphatic hydroxyl groups is 1. The smallest absolute Gasteiger partial charge is 0.317 e. The molecule has 0 heterocycles. The van der Waals surface area contributed by atoms with Crippen LogP contribution < -0.4 is 5.32 Å². The number of hydrogen-bond donors (Lipinski definition) is 2. The molecule has 5 heteroatoms. The summed E-state index contributed by atoms with van der Waals surface area (Å²) in [7, 11) is 1.80. The fraction of sp³-hybridized carbons (Fsp3) is 0.588. The lowest BCUT2D eigenvalue weighted by atomic mass is 10.1. The summed E-state index contributed by atoms with van der Waals surface area (Å²) in [5.41, 5.74) is 2.40. The van der Waals surface area contributed by atoms with Crippen LogP contribution in [0.4, 0.5) is 4.79 Å². The van der Waals surface area contributed by atoms with E-state index in [1.54, 1.807) is 11.9 Å². The van der Waals surface area contributed by atoms with E-state index in [1.807, 2.05) is 18.2 Å². The topological polar surface area (TPSA) is 52.6 Å². The Morgan fingerprint density at radius 3 is 2.95 bits per heavy atom. The van der Waals surface area contributed by atoms with E-state index in [0.29, 0.717) is 6.54 Å². The number of fused-ring (bicyclic) bond motifs is 1. The number of carbonyl (C=O) groups excluding carboxylic acids is 1. The monoisotopic (exact) mass is 322 g/mol. The molecule has 2 aliphatic carbocycles. The number of nitrogens with zero attached hydrogens (tertiary/aromatic N) is 1. The van der Waals surface area contributed by atoms with E-state index in [-0.39, 0.29) is 24.1 Å². The highest BCUT2D eigenvalue weighted by atomic mass is 35.5. The van der Waals surface area contributed by atoms with Crippen LogP contribution in [0.1, 0.15) is 42.9 Å². The molecule has 120 valence electrons. The van der Waals surface area contributed by atoms with Crippen LogP contribution in [0.15, 0.2) is 18.2 Å². The van der Waals surface area contributed by atoms with E-state index in [1.165, 1.54) is 11.1 Å². The number of hydrogen-bond acceptors (Lipinski definition) is 2. The molecule has 0 saturated heterocycles. The van der Waals surface area contributed by atoms with Gasteiger partial charge in [-0.1, -0.05) is 24.1 Å². The van der Waals surface area contributed by atoms with Crippen LogP contribution in [0.25, 0.3) is 0 Å². The van der Waals surface area contributed by atoms with Crippen molar-refractivity contribution < 1.29 is 9.90 Å². The molecule has 1 saturated carbocycles. The molecule has 2 amide bonds. The highest BCUT2D eigenvalue weighted by Gasteiger charge is 2.29. The van der Waals surface area contributed by atoms with Crippen molar-refractivity contribution in [2.75, 3.05) is 13.6 Å². The van der Waals surface area contributed by atoms with Crippen LogP contribution >= 0.6 is 11.6 Å². The summed E-state index contributed by atoms with van der Waals surface area (Å²) in [5.74, 6) is 0.213. The molecule has 1 aromatic rings. The van der Waals surface area contributed by atoms with Crippen molar-refractivity contribution >= 4 is 17.6 Å². The Kier molecular flexibility index (Phi) is 4.59. The normalized spacial score (nSPS) is 26.8. The molecule has 3 rings (SSSR count). The van der Waals surface area contributed by atoms with Gasteiger partial charge >= 0.3 is 6.03 Å². The minimum atomic E-state index is -0.260. The van der Waals surface area contributed by atoms with Gasteiger partial charge in [-0.15, -0.1) is 0 Å².